The number of rotatable bonds is 4. The van der Waals surface area contributed by atoms with Crippen LogP contribution >= 0.6 is 0 Å². The smallest absolute Gasteiger partial charge is 0.313 e. The first kappa shape index (κ1) is 21.9. The average Bonchev–Trinajstić information content (AvgIpc) is 3.35. The van der Waals surface area contributed by atoms with Crippen LogP contribution in [0.1, 0.15) is 63.6 Å². The molecule has 5 rings (SSSR count). The Hall–Kier alpha value is -2.93. The summed E-state index contributed by atoms with van der Waals surface area (Å²) in [6.07, 6.45) is 7.84. The number of aryl methyl sites for hydroxylation is 2. The van der Waals surface area contributed by atoms with Crippen molar-refractivity contribution in [2.75, 3.05) is 6.54 Å². The fourth-order valence-corrected chi connectivity index (χ4v) is 5.18. The first-order valence-corrected chi connectivity index (χ1v) is 12.0. The molecule has 0 aliphatic heterocycles. The molecule has 0 atom stereocenters. The van der Waals surface area contributed by atoms with E-state index in [1.165, 1.54) is 0 Å². The van der Waals surface area contributed by atoms with Crippen molar-refractivity contribution in [1.29, 1.82) is 0 Å². The van der Waals surface area contributed by atoms with E-state index in [9.17, 15) is 4.79 Å². The molecule has 1 fully saturated rings. The van der Waals surface area contributed by atoms with Crippen LogP contribution in [0, 0.1) is 19.3 Å². The van der Waals surface area contributed by atoms with Gasteiger partial charge in [0.2, 0.25) is 0 Å². The Morgan fingerprint density at radius 2 is 1.85 bits per heavy atom. The molecule has 7 nitrogen and oxygen atoms in total. The number of H-pyrrole nitrogens is 1. The summed E-state index contributed by atoms with van der Waals surface area (Å²) in [7, 11) is 0. The van der Waals surface area contributed by atoms with Crippen molar-refractivity contribution in [3.8, 4) is 11.1 Å². The highest BCUT2D eigenvalue weighted by atomic mass is 16.1. The van der Waals surface area contributed by atoms with Crippen molar-refractivity contribution in [1.82, 2.24) is 29.5 Å². The molecule has 1 aliphatic rings. The molecule has 1 saturated carbocycles. The Bertz CT molecular complexity index is 1360. The van der Waals surface area contributed by atoms with Crippen LogP contribution in [0.5, 0.6) is 0 Å². The number of hydrogen-bond acceptors (Lipinski definition) is 4. The van der Waals surface area contributed by atoms with Gasteiger partial charge in [0.15, 0.2) is 5.65 Å². The molecule has 3 aromatic heterocycles. The molecule has 1 aromatic carbocycles. The minimum absolute atomic E-state index is 0.00411. The summed E-state index contributed by atoms with van der Waals surface area (Å²) in [5, 5.41) is 8.03. The van der Waals surface area contributed by atoms with Gasteiger partial charge in [0.05, 0.1) is 11.0 Å². The first-order chi connectivity index (χ1) is 15.7. The van der Waals surface area contributed by atoms with Gasteiger partial charge >= 0.3 is 5.69 Å². The van der Waals surface area contributed by atoms with Gasteiger partial charge in [-0.05, 0) is 79.8 Å². The van der Waals surface area contributed by atoms with Crippen LogP contribution in [-0.2, 0) is 0 Å². The number of nitrogens with zero attached hydrogens (tertiary/aromatic N) is 4. The van der Waals surface area contributed by atoms with Crippen molar-refractivity contribution in [3.63, 3.8) is 0 Å². The number of pyridine rings is 1. The number of aromatic nitrogens is 5. The summed E-state index contributed by atoms with van der Waals surface area (Å²) in [4.78, 5) is 20.4. The summed E-state index contributed by atoms with van der Waals surface area (Å²) in [5.41, 5.74) is 7.45. The summed E-state index contributed by atoms with van der Waals surface area (Å²) >= 11 is 0. The Labute approximate surface area is 194 Å². The Balaban J connectivity index is 1.43. The van der Waals surface area contributed by atoms with Crippen molar-refractivity contribution in [3.05, 3.63) is 52.3 Å². The van der Waals surface area contributed by atoms with Crippen LogP contribution in [0.15, 0.2) is 35.5 Å². The van der Waals surface area contributed by atoms with E-state index >= 15 is 0 Å². The lowest BCUT2D eigenvalue weighted by Gasteiger charge is -2.32. The first-order valence-electron chi connectivity index (χ1n) is 12.0. The third-order valence-corrected chi connectivity index (χ3v) is 6.92. The van der Waals surface area contributed by atoms with Crippen LogP contribution in [0.25, 0.3) is 27.8 Å². The SMILES string of the molecule is Cc1cc2c(cc1-c1cc(C)c3ncnn3c1)[nH]c(=O)n2[C@H]1CC[C@@H](NCC(C)(C)C)CC1. The third kappa shape index (κ3) is 4.22. The third-order valence-electron chi connectivity index (χ3n) is 6.92. The normalized spacial score (nSPS) is 19.5. The maximum atomic E-state index is 13.0. The fourth-order valence-electron chi connectivity index (χ4n) is 5.18. The molecule has 0 unspecified atom stereocenters. The van der Waals surface area contributed by atoms with Gasteiger partial charge in [0, 0.05) is 30.4 Å². The summed E-state index contributed by atoms with van der Waals surface area (Å²) in [5.74, 6) is 0. The number of imidazole rings is 1. The molecule has 0 amide bonds. The molecule has 4 aromatic rings. The van der Waals surface area contributed by atoms with Gasteiger partial charge < -0.3 is 10.3 Å². The number of fused-ring (bicyclic) bond motifs is 2. The molecule has 33 heavy (non-hydrogen) atoms. The average molecular weight is 447 g/mol. The maximum absolute atomic E-state index is 13.0. The lowest BCUT2D eigenvalue weighted by Crippen LogP contribution is -2.39. The lowest BCUT2D eigenvalue weighted by atomic mass is 9.89. The summed E-state index contributed by atoms with van der Waals surface area (Å²) in [6, 6.07) is 7.20. The zero-order chi connectivity index (χ0) is 23.3. The van der Waals surface area contributed by atoms with E-state index in [4.69, 9.17) is 0 Å². The van der Waals surface area contributed by atoms with Gasteiger partial charge in [0.25, 0.3) is 0 Å². The number of hydrogen-bond donors (Lipinski definition) is 2. The van der Waals surface area contributed by atoms with Gasteiger partial charge in [-0.25, -0.2) is 14.3 Å². The summed E-state index contributed by atoms with van der Waals surface area (Å²) < 4.78 is 3.81. The van der Waals surface area contributed by atoms with Crippen LogP contribution in [0.2, 0.25) is 0 Å². The largest absolute Gasteiger partial charge is 0.326 e. The zero-order valence-corrected chi connectivity index (χ0v) is 20.3. The van der Waals surface area contributed by atoms with E-state index in [1.807, 2.05) is 22.2 Å². The number of benzene rings is 1. The fraction of sp³-hybridized carbons (Fsp3) is 0.500. The van der Waals surface area contributed by atoms with E-state index in [0.717, 1.165) is 71.2 Å². The molecule has 1 aliphatic carbocycles. The molecular weight excluding hydrogens is 412 g/mol. The second-order valence-corrected chi connectivity index (χ2v) is 10.9. The predicted molar refractivity (Wildman–Crippen MR) is 133 cm³/mol. The molecule has 3 heterocycles. The van der Waals surface area contributed by atoms with Crippen molar-refractivity contribution < 1.29 is 0 Å². The molecule has 0 saturated heterocycles. The maximum Gasteiger partial charge on any atom is 0.326 e. The van der Waals surface area contributed by atoms with Gasteiger partial charge in [-0.15, -0.1) is 0 Å². The highest BCUT2D eigenvalue weighted by Gasteiger charge is 2.26. The molecule has 0 bridgehead atoms. The van der Waals surface area contributed by atoms with Gasteiger partial charge in [-0.1, -0.05) is 20.8 Å². The molecule has 0 radical (unpaired) electrons. The van der Waals surface area contributed by atoms with Crippen LogP contribution in [0.4, 0.5) is 0 Å². The Morgan fingerprint density at radius 3 is 2.58 bits per heavy atom. The van der Waals surface area contributed by atoms with E-state index in [1.54, 1.807) is 6.33 Å². The highest BCUT2D eigenvalue weighted by Crippen LogP contribution is 2.33. The molecular formula is C26H34N6O. The van der Waals surface area contributed by atoms with E-state index < -0.39 is 0 Å². The van der Waals surface area contributed by atoms with Gasteiger partial charge in [0.1, 0.15) is 6.33 Å². The zero-order valence-electron chi connectivity index (χ0n) is 20.3. The predicted octanol–water partition coefficient (Wildman–Crippen LogP) is 4.78. The standard InChI is InChI=1S/C26H34N6O/c1-16-11-23-22(12-21(16)18-10-17(2)24-28-15-29-31(24)13-18)30-25(33)32(23)20-8-6-19(7-9-20)27-14-26(3,4)5/h10-13,15,19-20,27H,6-9,14H2,1-5H3,(H,30,33)/t19-,20+. The molecule has 7 heteroatoms. The number of aromatic amines is 1. The van der Waals surface area contributed by atoms with E-state index in [0.29, 0.717) is 6.04 Å². The molecule has 0 spiro atoms. The van der Waals surface area contributed by atoms with Crippen LogP contribution in [-0.4, -0.2) is 36.7 Å². The van der Waals surface area contributed by atoms with E-state index in [-0.39, 0.29) is 17.1 Å². The van der Waals surface area contributed by atoms with Crippen molar-refractivity contribution in [2.45, 2.75) is 72.4 Å². The van der Waals surface area contributed by atoms with Gasteiger partial charge in [-0.3, -0.25) is 4.57 Å². The second kappa shape index (κ2) is 8.13. The minimum atomic E-state index is -0.00411. The number of nitrogens with one attached hydrogen (secondary N) is 2. The Morgan fingerprint density at radius 1 is 1.09 bits per heavy atom. The second-order valence-electron chi connectivity index (χ2n) is 10.9. The van der Waals surface area contributed by atoms with Crippen LogP contribution < -0.4 is 11.0 Å². The van der Waals surface area contributed by atoms with Gasteiger partial charge in [-0.2, -0.15) is 5.10 Å². The molecule has 2 N–H and O–H groups in total. The van der Waals surface area contributed by atoms with Crippen LogP contribution in [0.3, 0.4) is 0 Å². The topological polar surface area (TPSA) is 80.0 Å². The Kier molecular flexibility index (Phi) is 5.40. The van der Waals surface area contributed by atoms with E-state index in [2.05, 4.69) is 66.3 Å². The minimum Gasteiger partial charge on any atom is -0.313 e. The van der Waals surface area contributed by atoms with Crippen molar-refractivity contribution >= 4 is 16.7 Å². The highest BCUT2D eigenvalue weighted by molar-refractivity contribution is 5.84. The summed E-state index contributed by atoms with van der Waals surface area (Å²) in [6.45, 7) is 12.0. The monoisotopic (exact) mass is 446 g/mol. The molecule has 174 valence electrons. The lowest BCUT2D eigenvalue weighted by molar-refractivity contribution is 0.265. The van der Waals surface area contributed by atoms with Crippen molar-refractivity contribution in [2.24, 2.45) is 5.41 Å². The quantitative estimate of drug-likeness (QED) is 0.473.